The molecule has 0 amide bonds. The van der Waals surface area contributed by atoms with E-state index in [4.69, 9.17) is 5.73 Å². The summed E-state index contributed by atoms with van der Waals surface area (Å²) in [5.41, 5.74) is 9.42. The molecule has 0 aliphatic carbocycles. The lowest BCUT2D eigenvalue weighted by atomic mass is 10.1. The Morgan fingerprint density at radius 3 is 2.59 bits per heavy atom. The second-order valence-corrected chi connectivity index (χ2v) is 6.71. The van der Waals surface area contributed by atoms with Gasteiger partial charge in [0.25, 0.3) is 5.56 Å². The van der Waals surface area contributed by atoms with E-state index in [1.165, 1.54) is 0 Å². The van der Waals surface area contributed by atoms with E-state index in [1.54, 1.807) is 6.20 Å². The first kappa shape index (κ1) is 18.9. The molecule has 2 heterocycles. The maximum Gasteiger partial charge on any atom is 0.282 e. The van der Waals surface area contributed by atoms with Crippen molar-refractivity contribution in [1.29, 1.82) is 0 Å². The molecule has 0 saturated heterocycles. The molecule has 0 aliphatic heterocycles. The van der Waals surface area contributed by atoms with Crippen molar-refractivity contribution < 1.29 is 0 Å². The number of hydrogen-bond acceptors (Lipinski definition) is 6. The standard InChI is InChI=1S/C21H23N7O/c22-10-3-11-23-12-14-6-8-15(9-7-14)16-13-24-20(27-19(16)29)28-21-25-17-4-1-2-5-18(17)26-21/h1-2,4-9,13,23H,3,10-12,22H2,(H3,24,25,26,27,28,29). The lowest BCUT2D eigenvalue weighted by Gasteiger charge is -2.07. The minimum absolute atomic E-state index is 0.309. The quantitative estimate of drug-likeness (QED) is 0.295. The molecule has 0 fully saturated rings. The van der Waals surface area contributed by atoms with Gasteiger partial charge in [-0.2, -0.15) is 4.98 Å². The van der Waals surface area contributed by atoms with Crippen LogP contribution < -0.4 is 21.9 Å². The number of H-pyrrole nitrogens is 2. The largest absolute Gasteiger partial charge is 0.331 e. The van der Waals surface area contributed by atoms with Crippen LogP contribution in [0.5, 0.6) is 0 Å². The summed E-state index contributed by atoms with van der Waals surface area (Å²) in [5.74, 6) is 0.854. The molecule has 4 aromatic rings. The van der Waals surface area contributed by atoms with E-state index in [0.717, 1.165) is 41.7 Å². The Balaban J connectivity index is 1.46. The third-order valence-electron chi connectivity index (χ3n) is 4.57. The van der Waals surface area contributed by atoms with Crippen LogP contribution in [0.25, 0.3) is 22.2 Å². The van der Waals surface area contributed by atoms with Crippen molar-refractivity contribution in [3.8, 4) is 11.1 Å². The van der Waals surface area contributed by atoms with E-state index in [2.05, 4.69) is 30.6 Å². The van der Waals surface area contributed by atoms with Crippen molar-refractivity contribution in [2.75, 3.05) is 18.4 Å². The Morgan fingerprint density at radius 2 is 1.83 bits per heavy atom. The number of nitrogens with one attached hydrogen (secondary N) is 4. The Kier molecular flexibility index (Phi) is 5.64. The molecule has 8 nitrogen and oxygen atoms in total. The molecule has 0 radical (unpaired) electrons. The maximum atomic E-state index is 12.5. The Bertz CT molecular complexity index is 1110. The third kappa shape index (κ3) is 4.50. The van der Waals surface area contributed by atoms with E-state index in [1.807, 2.05) is 48.5 Å². The fraction of sp³-hybridized carbons (Fsp3) is 0.190. The molecule has 0 bridgehead atoms. The van der Waals surface area contributed by atoms with E-state index < -0.39 is 0 Å². The van der Waals surface area contributed by atoms with Gasteiger partial charge >= 0.3 is 0 Å². The van der Waals surface area contributed by atoms with Crippen LogP contribution in [0.15, 0.2) is 59.5 Å². The summed E-state index contributed by atoms with van der Waals surface area (Å²) in [7, 11) is 0. The van der Waals surface area contributed by atoms with Crippen molar-refractivity contribution in [3.63, 3.8) is 0 Å². The van der Waals surface area contributed by atoms with Crippen LogP contribution >= 0.6 is 0 Å². The molecule has 0 atom stereocenters. The number of aromatic amines is 2. The molecule has 8 heteroatoms. The highest BCUT2D eigenvalue weighted by atomic mass is 16.1. The van der Waals surface area contributed by atoms with Gasteiger partial charge in [0, 0.05) is 12.7 Å². The minimum atomic E-state index is -0.309. The zero-order chi connectivity index (χ0) is 20.1. The molecular weight excluding hydrogens is 366 g/mol. The second-order valence-electron chi connectivity index (χ2n) is 6.71. The van der Waals surface area contributed by atoms with E-state index in [0.29, 0.717) is 24.0 Å². The summed E-state index contributed by atoms with van der Waals surface area (Å²) in [6.07, 6.45) is 2.61. The van der Waals surface area contributed by atoms with Crippen LogP contribution in [0.2, 0.25) is 0 Å². The number of nitrogens with two attached hydrogens (primary N) is 1. The van der Waals surface area contributed by atoms with Crippen molar-refractivity contribution in [3.05, 3.63) is 70.6 Å². The fourth-order valence-corrected chi connectivity index (χ4v) is 3.05. The smallest absolute Gasteiger partial charge is 0.282 e. The number of anilines is 2. The molecule has 2 aromatic heterocycles. The molecule has 0 unspecified atom stereocenters. The summed E-state index contributed by atoms with van der Waals surface area (Å²) in [6.45, 7) is 2.35. The molecule has 6 N–H and O–H groups in total. The summed E-state index contributed by atoms with van der Waals surface area (Å²) in [5, 5.41) is 6.34. The predicted octanol–water partition coefficient (Wildman–Crippen LogP) is 2.50. The van der Waals surface area contributed by atoms with Crippen molar-refractivity contribution in [2.24, 2.45) is 5.73 Å². The maximum absolute atomic E-state index is 12.5. The Hall–Kier alpha value is -3.49. The van der Waals surface area contributed by atoms with Gasteiger partial charge in [-0.1, -0.05) is 36.4 Å². The van der Waals surface area contributed by atoms with Crippen LogP contribution in [0.4, 0.5) is 11.9 Å². The molecule has 0 spiro atoms. The molecule has 0 aliphatic rings. The van der Waals surface area contributed by atoms with Crippen LogP contribution in [-0.2, 0) is 6.54 Å². The van der Waals surface area contributed by atoms with E-state index >= 15 is 0 Å². The number of aromatic nitrogens is 4. The van der Waals surface area contributed by atoms with Crippen LogP contribution in [0.3, 0.4) is 0 Å². The van der Waals surface area contributed by atoms with Gasteiger partial charge in [-0.05, 0) is 42.8 Å². The first-order chi connectivity index (χ1) is 14.2. The van der Waals surface area contributed by atoms with Gasteiger partial charge in [0.15, 0.2) is 0 Å². The fourth-order valence-electron chi connectivity index (χ4n) is 3.05. The van der Waals surface area contributed by atoms with Gasteiger partial charge in [0.1, 0.15) is 0 Å². The normalized spacial score (nSPS) is 11.1. The third-order valence-corrected chi connectivity index (χ3v) is 4.57. The zero-order valence-electron chi connectivity index (χ0n) is 15.9. The van der Waals surface area contributed by atoms with E-state index in [-0.39, 0.29) is 5.56 Å². The number of benzene rings is 2. The number of imidazole rings is 1. The number of hydrogen-bond donors (Lipinski definition) is 5. The topological polar surface area (TPSA) is 125 Å². The van der Waals surface area contributed by atoms with Gasteiger partial charge in [0.05, 0.1) is 16.6 Å². The minimum Gasteiger partial charge on any atom is -0.331 e. The SMILES string of the molecule is NCCCNCc1ccc(-c2c[nH]c(Nc3nc4ccccc4[nH]3)nc2=O)cc1. The van der Waals surface area contributed by atoms with Gasteiger partial charge in [0.2, 0.25) is 11.9 Å². The second kappa shape index (κ2) is 8.68. The van der Waals surface area contributed by atoms with Crippen LogP contribution in [0.1, 0.15) is 12.0 Å². The zero-order valence-corrected chi connectivity index (χ0v) is 15.9. The number of nitrogens with zero attached hydrogens (tertiary/aromatic N) is 2. The number of para-hydroxylation sites is 2. The molecule has 2 aromatic carbocycles. The first-order valence-corrected chi connectivity index (χ1v) is 9.54. The first-order valence-electron chi connectivity index (χ1n) is 9.54. The number of rotatable bonds is 8. The van der Waals surface area contributed by atoms with Gasteiger partial charge in [-0.25, -0.2) is 4.98 Å². The van der Waals surface area contributed by atoms with Gasteiger partial charge in [-0.3, -0.25) is 10.1 Å². The highest BCUT2D eigenvalue weighted by molar-refractivity contribution is 5.77. The summed E-state index contributed by atoms with van der Waals surface area (Å²) >= 11 is 0. The van der Waals surface area contributed by atoms with Crippen LogP contribution in [-0.4, -0.2) is 33.0 Å². The van der Waals surface area contributed by atoms with Gasteiger partial charge < -0.3 is 21.0 Å². The average molecular weight is 389 g/mol. The summed E-state index contributed by atoms with van der Waals surface area (Å²) in [6, 6.07) is 15.6. The molecule has 0 saturated carbocycles. The monoisotopic (exact) mass is 389 g/mol. The molecule has 4 rings (SSSR count). The van der Waals surface area contributed by atoms with Crippen molar-refractivity contribution in [1.82, 2.24) is 25.3 Å². The molecule has 148 valence electrons. The highest BCUT2D eigenvalue weighted by Crippen LogP contribution is 2.18. The van der Waals surface area contributed by atoms with Crippen molar-refractivity contribution >= 4 is 22.9 Å². The average Bonchev–Trinajstić information content (AvgIpc) is 3.14. The number of fused-ring (bicyclic) bond motifs is 1. The molecule has 29 heavy (non-hydrogen) atoms. The van der Waals surface area contributed by atoms with E-state index in [9.17, 15) is 4.79 Å². The van der Waals surface area contributed by atoms with Crippen molar-refractivity contribution in [2.45, 2.75) is 13.0 Å². The Morgan fingerprint density at radius 1 is 1.00 bits per heavy atom. The lowest BCUT2D eigenvalue weighted by molar-refractivity contribution is 0.655. The summed E-state index contributed by atoms with van der Waals surface area (Å²) in [4.78, 5) is 27.2. The van der Waals surface area contributed by atoms with Crippen LogP contribution in [0, 0.1) is 0 Å². The Labute approximate surface area is 167 Å². The predicted molar refractivity (Wildman–Crippen MR) is 115 cm³/mol. The van der Waals surface area contributed by atoms with Gasteiger partial charge in [-0.15, -0.1) is 0 Å². The summed E-state index contributed by atoms with van der Waals surface area (Å²) < 4.78 is 0. The highest BCUT2D eigenvalue weighted by Gasteiger charge is 2.08. The lowest BCUT2D eigenvalue weighted by Crippen LogP contribution is -2.17. The molecular formula is C21H23N7O.